The monoisotopic (exact) mass is 311 g/mol. The Morgan fingerprint density at radius 1 is 1.14 bits per heavy atom. The molecule has 0 saturated carbocycles. The first-order valence-electron chi connectivity index (χ1n) is 6.97. The van der Waals surface area contributed by atoms with Gasteiger partial charge in [-0.3, -0.25) is 9.69 Å². The second-order valence-electron chi connectivity index (χ2n) is 5.13. The van der Waals surface area contributed by atoms with Crippen molar-refractivity contribution in [2.75, 3.05) is 45.5 Å². The molecule has 6 nitrogen and oxygen atoms in total. The lowest BCUT2D eigenvalue weighted by molar-refractivity contribution is 0.0945. The first-order valence-corrected chi connectivity index (χ1v) is 8.82. The molecule has 1 saturated heterocycles. The van der Waals surface area contributed by atoms with E-state index in [1.807, 2.05) is 18.2 Å². The highest BCUT2D eigenvalue weighted by atomic mass is 32.2. The van der Waals surface area contributed by atoms with E-state index in [1.165, 1.54) is 10.6 Å². The maximum absolute atomic E-state index is 11.9. The smallest absolute Gasteiger partial charge is 0.251 e. The minimum Gasteiger partial charge on any atom is -0.351 e. The summed E-state index contributed by atoms with van der Waals surface area (Å²) < 4.78 is 24.3. The topological polar surface area (TPSA) is 69.7 Å². The highest BCUT2D eigenvalue weighted by molar-refractivity contribution is 7.88. The van der Waals surface area contributed by atoms with Crippen LogP contribution >= 0.6 is 0 Å². The summed E-state index contributed by atoms with van der Waals surface area (Å²) in [5, 5.41) is 2.88. The molecule has 0 bridgehead atoms. The maximum Gasteiger partial charge on any atom is 0.251 e. The molecule has 116 valence electrons. The molecule has 0 aromatic heterocycles. The molecule has 1 aromatic rings. The molecule has 1 aromatic carbocycles. The maximum atomic E-state index is 11.9. The minimum atomic E-state index is -3.08. The second kappa shape index (κ2) is 7.02. The van der Waals surface area contributed by atoms with Gasteiger partial charge >= 0.3 is 0 Å². The molecular formula is C14H21N3O3S. The predicted molar refractivity (Wildman–Crippen MR) is 81.6 cm³/mol. The molecule has 0 spiro atoms. The number of benzene rings is 1. The SMILES string of the molecule is CS(=O)(=O)N1CCN(CCNC(=O)c2ccccc2)CC1. The molecule has 1 aliphatic rings. The Balaban J connectivity index is 1.70. The van der Waals surface area contributed by atoms with E-state index in [-0.39, 0.29) is 5.91 Å². The lowest BCUT2D eigenvalue weighted by atomic mass is 10.2. The van der Waals surface area contributed by atoms with Gasteiger partial charge in [0.25, 0.3) is 5.91 Å². The van der Waals surface area contributed by atoms with Gasteiger partial charge in [-0.05, 0) is 12.1 Å². The third-order valence-corrected chi connectivity index (χ3v) is 4.85. The molecule has 1 aliphatic heterocycles. The Morgan fingerprint density at radius 2 is 1.76 bits per heavy atom. The number of nitrogens with zero attached hydrogens (tertiary/aromatic N) is 2. The number of sulfonamides is 1. The van der Waals surface area contributed by atoms with E-state index in [0.29, 0.717) is 38.3 Å². The Kier molecular flexibility index (Phi) is 5.33. The highest BCUT2D eigenvalue weighted by Crippen LogP contribution is 2.05. The third kappa shape index (κ3) is 4.80. The fraction of sp³-hybridized carbons (Fsp3) is 0.500. The fourth-order valence-corrected chi connectivity index (χ4v) is 3.13. The summed E-state index contributed by atoms with van der Waals surface area (Å²) in [6.07, 6.45) is 1.24. The van der Waals surface area contributed by atoms with Crippen LogP contribution in [0.4, 0.5) is 0 Å². The lowest BCUT2D eigenvalue weighted by Gasteiger charge is -2.33. The van der Waals surface area contributed by atoms with Crippen LogP contribution in [0.1, 0.15) is 10.4 Å². The summed E-state index contributed by atoms with van der Waals surface area (Å²) >= 11 is 0. The van der Waals surface area contributed by atoms with Gasteiger partial charge in [0.1, 0.15) is 0 Å². The van der Waals surface area contributed by atoms with E-state index in [2.05, 4.69) is 10.2 Å². The average molecular weight is 311 g/mol. The van der Waals surface area contributed by atoms with Crippen LogP contribution in [0.15, 0.2) is 30.3 Å². The molecule has 0 aliphatic carbocycles. The number of carbonyl (C=O) groups is 1. The van der Waals surface area contributed by atoms with Crippen LogP contribution in [-0.2, 0) is 10.0 Å². The van der Waals surface area contributed by atoms with E-state index in [9.17, 15) is 13.2 Å². The standard InChI is InChI=1S/C14H21N3O3S/c1-21(19,20)17-11-9-16(10-12-17)8-7-15-14(18)13-5-3-2-4-6-13/h2-6H,7-12H2,1H3,(H,15,18). The molecule has 2 rings (SSSR count). The normalized spacial score (nSPS) is 17.6. The van der Waals surface area contributed by atoms with Crippen molar-refractivity contribution >= 4 is 15.9 Å². The van der Waals surface area contributed by atoms with Crippen LogP contribution in [-0.4, -0.2) is 69.1 Å². The summed E-state index contributed by atoms with van der Waals surface area (Å²) in [5.41, 5.74) is 0.652. The van der Waals surface area contributed by atoms with Gasteiger partial charge in [0.2, 0.25) is 10.0 Å². The number of rotatable bonds is 5. The van der Waals surface area contributed by atoms with Gasteiger partial charge in [-0.15, -0.1) is 0 Å². The fourth-order valence-electron chi connectivity index (χ4n) is 2.30. The van der Waals surface area contributed by atoms with E-state index >= 15 is 0 Å². The van der Waals surface area contributed by atoms with E-state index in [1.54, 1.807) is 12.1 Å². The van der Waals surface area contributed by atoms with Crippen molar-refractivity contribution in [3.05, 3.63) is 35.9 Å². The van der Waals surface area contributed by atoms with Gasteiger partial charge < -0.3 is 5.32 Å². The molecular weight excluding hydrogens is 290 g/mol. The number of nitrogens with one attached hydrogen (secondary N) is 1. The third-order valence-electron chi connectivity index (χ3n) is 3.55. The van der Waals surface area contributed by atoms with Gasteiger partial charge in [-0.25, -0.2) is 8.42 Å². The van der Waals surface area contributed by atoms with Crippen LogP contribution in [0, 0.1) is 0 Å². The lowest BCUT2D eigenvalue weighted by Crippen LogP contribution is -2.49. The number of hydrogen-bond donors (Lipinski definition) is 1. The Morgan fingerprint density at radius 3 is 2.33 bits per heavy atom. The van der Waals surface area contributed by atoms with Crippen molar-refractivity contribution < 1.29 is 13.2 Å². The van der Waals surface area contributed by atoms with Gasteiger partial charge in [0, 0.05) is 44.8 Å². The molecule has 1 N–H and O–H groups in total. The molecule has 21 heavy (non-hydrogen) atoms. The number of piperazine rings is 1. The van der Waals surface area contributed by atoms with Crippen LogP contribution in [0.5, 0.6) is 0 Å². The molecule has 0 unspecified atom stereocenters. The second-order valence-corrected chi connectivity index (χ2v) is 7.11. The molecule has 1 heterocycles. The Labute approximate surface area is 125 Å². The summed E-state index contributed by atoms with van der Waals surface area (Å²) in [6.45, 7) is 3.74. The first kappa shape index (κ1) is 15.9. The zero-order valence-corrected chi connectivity index (χ0v) is 13.0. The molecule has 1 amide bonds. The number of amides is 1. The van der Waals surface area contributed by atoms with E-state index in [4.69, 9.17) is 0 Å². The van der Waals surface area contributed by atoms with Crippen molar-refractivity contribution in [2.45, 2.75) is 0 Å². The Hall–Kier alpha value is -1.44. The van der Waals surface area contributed by atoms with Crippen LogP contribution < -0.4 is 5.32 Å². The number of carbonyl (C=O) groups excluding carboxylic acids is 1. The van der Waals surface area contributed by atoms with Crippen molar-refractivity contribution in [3.63, 3.8) is 0 Å². The molecule has 1 fully saturated rings. The van der Waals surface area contributed by atoms with Crippen LogP contribution in [0.25, 0.3) is 0 Å². The highest BCUT2D eigenvalue weighted by Gasteiger charge is 2.22. The summed E-state index contributed by atoms with van der Waals surface area (Å²) in [6, 6.07) is 9.09. The van der Waals surface area contributed by atoms with Crippen LogP contribution in [0.2, 0.25) is 0 Å². The number of hydrogen-bond acceptors (Lipinski definition) is 4. The minimum absolute atomic E-state index is 0.0784. The van der Waals surface area contributed by atoms with E-state index in [0.717, 1.165) is 6.54 Å². The quantitative estimate of drug-likeness (QED) is 0.831. The predicted octanol–water partition coefficient (Wildman–Crippen LogP) is -0.00640. The van der Waals surface area contributed by atoms with Crippen LogP contribution in [0.3, 0.4) is 0 Å². The van der Waals surface area contributed by atoms with Gasteiger partial charge in [-0.2, -0.15) is 4.31 Å². The van der Waals surface area contributed by atoms with Gasteiger partial charge in [0.15, 0.2) is 0 Å². The Bertz CT molecular complexity index is 566. The van der Waals surface area contributed by atoms with Crippen molar-refractivity contribution in [3.8, 4) is 0 Å². The van der Waals surface area contributed by atoms with Crippen molar-refractivity contribution in [1.82, 2.24) is 14.5 Å². The molecule has 0 atom stereocenters. The van der Waals surface area contributed by atoms with Gasteiger partial charge in [-0.1, -0.05) is 18.2 Å². The summed E-state index contributed by atoms with van der Waals surface area (Å²) in [5.74, 6) is -0.0784. The van der Waals surface area contributed by atoms with Gasteiger partial charge in [0.05, 0.1) is 6.26 Å². The summed E-state index contributed by atoms with van der Waals surface area (Å²) in [7, 11) is -3.08. The molecule has 7 heteroatoms. The summed E-state index contributed by atoms with van der Waals surface area (Å²) in [4.78, 5) is 14.0. The van der Waals surface area contributed by atoms with E-state index < -0.39 is 10.0 Å². The zero-order valence-electron chi connectivity index (χ0n) is 12.2. The molecule has 0 radical (unpaired) electrons. The largest absolute Gasteiger partial charge is 0.351 e. The zero-order chi connectivity index (χ0) is 15.3. The average Bonchev–Trinajstić information content (AvgIpc) is 2.47. The first-order chi connectivity index (χ1) is 9.97. The van der Waals surface area contributed by atoms with Crippen molar-refractivity contribution in [1.29, 1.82) is 0 Å². The van der Waals surface area contributed by atoms with Crippen molar-refractivity contribution in [2.24, 2.45) is 0 Å².